The highest BCUT2D eigenvalue weighted by atomic mass is 16.5. The van der Waals surface area contributed by atoms with Gasteiger partial charge in [-0.25, -0.2) is 9.78 Å². The normalized spacial score (nSPS) is 15.4. The Balaban J connectivity index is 1.39. The summed E-state index contributed by atoms with van der Waals surface area (Å²) in [5.41, 5.74) is 4.59. The number of nitrogens with zero attached hydrogens (tertiary/aromatic N) is 3. The number of carbonyl (C=O) groups excluding carboxylic acids is 1. The number of nitrogens with one attached hydrogen (secondary N) is 1. The zero-order valence-corrected chi connectivity index (χ0v) is 18.1. The van der Waals surface area contributed by atoms with E-state index < -0.39 is 0 Å². The minimum absolute atomic E-state index is 0.209. The van der Waals surface area contributed by atoms with Gasteiger partial charge in [0, 0.05) is 17.8 Å². The molecule has 2 amide bonds. The van der Waals surface area contributed by atoms with E-state index in [0.29, 0.717) is 29.3 Å². The smallest absolute Gasteiger partial charge is 0.322 e. The van der Waals surface area contributed by atoms with Crippen molar-refractivity contribution < 1.29 is 13.9 Å². The summed E-state index contributed by atoms with van der Waals surface area (Å²) in [4.78, 5) is 19.4. The van der Waals surface area contributed by atoms with Gasteiger partial charge in [-0.2, -0.15) is 5.26 Å². The number of carbonyl (C=O) groups is 1. The highest BCUT2D eigenvalue weighted by Gasteiger charge is 2.33. The van der Waals surface area contributed by atoms with Crippen LogP contribution in [0.3, 0.4) is 0 Å². The van der Waals surface area contributed by atoms with E-state index in [0.717, 1.165) is 35.2 Å². The number of fused-ring (bicyclic) bond motifs is 1. The Morgan fingerprint density at radius 2 is 2.00 bits per heavy atom. The van der Waals surface area contributed by atoms with Crippen molar-refractivity contribution in [2.75, 3.05) is 19.0 Å². The van der Waals surface area contributed by atoms with Crippen LogP contribution in [-0.4, -0.2) is 29.6 Å². The van der Waals surface area contributed by atoms with Crippen LogP contribution in [0.25, 0.3) is 22.2 Å². The molecule has 1 N–H and O–H groups in total. The number of hydrogen-bond donors (Lipinski definition) is 1. The van der Waals surface area contributed by atoms with Gasteiger partial charge in [0.25, 0.3) is 0 Å². The second-order valence-corrected chi connectivity index (χ2v) is 7.91. The van der Waals surface area contributed by atoms with Crippen LogP contribution in [0.4, 0.5) is 10.5 Å². The molecule has 0 radical (unpaired) electrons. The molecule has 0 spiro atoms. The molecule has 7 nitrogen and oxygen atoms in total. The quantitative estimate of drug-likeness (QED) is 0.438. The number of nitriles is 1. The monoisotopic (exact) mass is 438 g/mol. The molecule has 1 atom stereocenters. The van der Waals surface area contributed by atoms with E-state index in [1.54, 1.807) is 36.3 Å². The molecule has 0 aliphatic carbocycles. The Labute approximate surface area is 191 Å². The van der Waals surface area contributed by atoms with Crippen molar-refractivity contribution in [1.82, 2.24) is 9.88 Å². The second kappa shape index (κ2) is 8.67. The number of likely N-dealkylation sites (tertiary alicyclic amines) is 1. The van der Waals surface area contributed by atoms with Crippen LogP contribution < -0.4 is 10.1 Å². The van der Waals surface area contributed by atoms with E-state index >= 15 is 0 Å². The lowest BCUT2D eigenvalue weighted by atomic mass is 10.0. The zero-order chi connectivity index (χ0) is 22.8. The van der Waals surface area contributed by atoms with Gasteiger partial charge in [0.15, 0.2) is 5.58 Å². The first kappa shape index (κ1) is 20.6. The highest BCUT2D eigenvalue weighted by molar-refractivity contribution is 5.90. The number of para-hydroxylation sites is 1. The Morgan fingerprint density at radius 3 is 2.79 bits per heavy atom. The summed E-state index contributed by atoms with van der Waals surface area (Å²) in [6.07, 6.45) is 1.66. The summed E-state index contributed by atoms with van der Waals surface area (Å²) in [7, 11) is 1.66. The zero-order valence-electron chi connectivity index (χ0n) is 18.1. The fourth-order valence-corrected chi connectivity index (χ4v) is 4.23. The van der Waals surface area contributed by atoms with Gasteiger partial charge in [0.2, 0.25) is 5.89 Å². The molecule has 2 heterocycles. The molecule has 1 aliphatic heterocycles. The summed E-state index contributed by atoms with van der Waals surface area (Å²) in [6.45, 7) is 0.623. The van der Waals surface area contributed by atoms with Gasteiger partial charge in [0.1, 0.15) is 17.3 Å². The van der Waals surface area contributed by atoms with Gasteiger partial charge in [0.05, 0.1) is 18.7 Å². The number of aromatic nitrogens is 1. The summed E-state index contributed by atoms with van der Waals surface area (Å²) >= 11 is 0. The number of anilines is 1. The number of rotatable bonds is 4. The molecule has 0 unspecified atom stereocenters. The SMILES string of the molecule is COc1ccccc1-c1ccc2oc([C@H]3CCCN3C(=O)Nc3ccc(C#N)cc3)nc2c1. The number of hydrogen-bond acceptors (Lipinski definition) is 5. The summed E-state index contributed by atoms with van der Waals surface area (Å²) in [5, 5.41) is 11.8. The molecule has 4 aromatic rings. The third-order valence-electron chi connectivity index (χ3n) is 5.89. The van der Waals surface area contributed by atoms with E-state index in [4.69, 9.17) is 19.4 Å². The molecule has 1 aliphatic rings. The first-order valence-electron chi connectivity index (χ1n) is 10.8. The molecular weight excluding hydrogens is 416 g/mol. The third kappa shape index (κ3) is 3.99. The van der Waals surface area contributed by atoms with E-state index in [2.05, 4.69) is 11.4 Å². The van der Waals surface area contributed by atoms with Crippen LogP contribution in [-0.2, 0) is 0 Å². The van der Waals surface area contributed by atoms with Crippen LogP contribution in [0, 0.1) is 11.3 Å². The number of methoxy groups -OCH3 is 1. The molecule has 0 bridgehead atoms. The molecule has 33 heavy (non-hydrogen) atoms. The summed E-state index contributed by atoms with van der Waals surface area (Å²) < 4.78 is 11.5. The molecule has 0 saturated carbocycles. The van der Waals surface area contributed by atoms with Crippen LogP contribution in [0.15, 0.2) is 71.1 Å². The Morgan fingerprint density at radius 1 is 1.18 bits per heavy atom. The number of urea groups is 1. The maximum Gasteiger partial charge on any atom is 0.322 e. The molecular formula is C26H22N4O3. The number of benzene rings is 3. The molecule has 164 valence electrons. The van der Waals surface area contributed by atoms with E-state index in [1.807, 2.05) is 42.5 Å². The maximum atomic E-state index is 12.9. The van der Waals surface area contributed by atoms with Crippen molar-refractivity contribution in [3.05, 3.63) is 78.2 Å². The molecule has 1 saturated heterocycles. The first-order valence-corrected chi connectivity index (χ1v) is 10.8. The van der Waals surface area contributed by atoms with Crippen molar-refractivity contribution >= 4 is 22.8 Å². The van der Waals surface area contributed by atoms with Crippen molar-refractivity contribution in [1.29, 1.82) is 5.26 Å². The minimum Gasteiger partial charge on any atom is -0.496 e. The third-order valence-corrected chi connectivity index (χ3v) is 5.89. The van der Waals surface area contributed by atoms with Crippen LogP contribution >= 0.6 is 0 Å². The van der Waals surface area contributed by atoms with Crippen molar-refractivity contribution in [2.24, 2.45) is 0 Å². The molecule has 1 fully saturated rings. The van der Waals surface area contributed by atoms with Crippen LogP contribution in [0.1, 0.15) is 30.3 Å². The number of amides is 2. The molecule has 7 heteroatoms. The second-order valence-electron chi connectivity index (χ2n) is 7.91. The average molecular weight is 438 g/mol. The predicted molar refractivity (Wildman–Crippen MR) is 125 cm³/mol. The van der Waals surface area contributed by atoms with Gasteiger partial charge < -0.3 is 19.4 Å². The predicted octanol–water partition coefficient (Wildman–Crippen LogP) is 5.74. The molecule has 1 aromatic heterocycles. The van der Waals surface area contributed by atoms with Crippen LogP contribution in [0.2, 0.25) is 0 Å². The van der Waals surface area contributed by atoms with Crippen molar-refractivity contribution in [3.63, 3.8) is 0 Å². The molecule has 5 rings (SSSR count). The van der Waals surface area contributed by atoms with Crippen molar-refractivity contribution in [3.8, 4) is 22.9 Å². The summed E-state index contributed by atoms with van der Waals surface area (Å²) in [6, 6.07) is 22.2. The summed E-state index contributed by atoms with van der Waals surface area (Å²) in [5.74, 6) is 1.33. The first-order chi connectivity index (χ1) is 16.2. The lowest BCUT2D eigenvalue weighted by Crippen LogP contribution is -2.34. The van der Waals surface area contributed by atoms with Gasteiger partial charge in [-0.15, -0.1) is 0 Å². The van der Waals surface area contributed by atoms with Gasteiger partial charge in [-0.3, -0.25) is 0 Å². The number of ether oxygens (including phenoxy) is 1. The van der Waals surface area contributed by atoms with Crippen LogP contribution in [0.5, 0.6) is 5.75 Å². The fraction of sp³-hybridized carbons (Fsp3) is 0.192. The van der Waals surface area contributed by atoms with E-state index in [1.165, 1.54) is 0 Å². The van der Waals surface area contributed by atoms with Gasteiger partial charge >= 0.3 is 6.03 Å². The van der Waals surface area contributed by atoms with E-state index in [9.17, 15) is 4.79 Å². The Bertz CT molecular complexity index is 1350. The van der Waals surface area contributed by atoms with E-state index in [-0.39, 0.29) is 12.1 Å². The maximum absolute atomic E-state index is 12.9. The number of oxazole rings is 1. The Hall–Kier alpha value is -4.31. The van der Waals surface area contributed by atoms with Gasteiger partial charge in [-0.1, -0.05) is 24.3 Å². The van der Waals surface area contributed by atoms with Crippen molar-refractivity contribution in [2.45, 2.75) is 18.9 Å². The largest absolute Gasteiger partial charge is 0.496 e. The fourth-order valence-electron chi connectivity index (χ4n) is 4.23. The minimum atomic E-state index is -0.231. The standard InChI is InChI=1S/C26H22N4O3/c1-32-23-7-3-2-5-20(23)18-10-13-24-21(15-18)29-25(33-24)22-6-4-14-30(22)26(31)28-19-11-8-17(16-27)9-12-19/h2-3,5,7-13,15,22H,4,6,14H2,1H3,(H,28,31)/t22-/m1/s1. The average Bonchev–Trinajstić information content (AvgIpc) is 3.51. The highest BCUT2D eigenvalue weighted by Crippen LogP contribution is 2.36. The topological polar surface area (TPSA) is 91.4 Å². The lowest BCUT2D eigenvalue weighted by Gasteiger charge is -2.22. The molecule has 3 aromatic carbocycles. The lowest BCUT2D eigenvalue weighted by molar-refractivity contribution is 0.199. The Kier molecular flexibility index (Phi) is 5.41. The van der Waals surface area contributed by atoms with Gasteiger partial charge in [-0.05, 0) is 60.9 Å².